The van der Waals surface area contributed by atoms with Gasteiger partial charge in [0.05, 0.1) is 11.1 Å². The van der Waals surface area contributed by atoms with Crippen LogP contribution in [0.3, 0.4) is 0 Å². The van der Waals surface area contributed by atoms with Gasteiger partial charge >= 0.3 is 0 Å². The van der Waals surface area contributed by atoms with Gasteiger partial charge in [0.2, 0.25) is 5.90 Å². The normalized spacial score (nSPS) is 18.5. The van der Waals surface area contributed by atoms with Crippen LogP contribution in [0.25, 0.3) is 0 Å². The molecule has 0 unspecified atom stereocenters. The number of hydrogen-bond donors (Lipinski definition) is 0. The SMILES string of the molecule is CC1(C)COC(c2cc(Br)ccc2Br)=N1. The second-order valence-corrected chi connectivity index (χ2v) is 5.91. The van der Waals surface area contributed by atoms with E-state index in [9.17, 15) is 0 Å². The van der Waals surface area contributed by atoms with Crippen molar-refractivity contribution in [3.8, 4) is 0 Å². The van der Waals surface area contributed by atoms with Crippen LogP contribution in [0.15, 0.2) is 32.1 Å². The minimum Gasteiger partial charge on any atom is -0.475 e. The molecule has 1 aromatic carbocycles. The number of halogens is 2. The molecule has 0 bridgehead atoms. The zero-order valence-electron chi connectivity index (χ0n) is 8.55. The molecule has 0 amide bonds. The lowest BCUT2D eigenvalue weighted by atomic mass is 10.1. The first kappa shape index (κ1) is 11.1. The predicted octanol–water partition coefficient (Wildman–Crippen LogP) is 3.77. The molecule has 15 heavy (non-hydrogen) atoms. The van der Waals surface area contributed by atoms with Gasteiger partial charge in [0.25, 0.3) is 0 Å². The molecular formula is C11H11Br2NO. The minimum atomic E-state index is -0.114. The highest BCUT2D eigenvalue weighted by atomic mass is 79.9. The van der Waals surface area contributed by atoms with Crippen molar-refractivity contribution in [1.82, 2.24) is 0 Å². The Morgan fingerprint density at radius 2 is 2.07 bits per heavy atom. The first-order chi connectivity index (χ1) is 6.98. The molecule has 2 nitrogen and oxygen atoms in total. The Morgan fingerprint density at radius 3 is 2.67 bits per heavy atom. The lowest BCUT2D eigenvalue weighted by Crippen LogP contribution is -2.17. The van der Waals surface area contributed by atoms with Gasteiger partial charge in [-0.1, -0.05) is 15.9 Å². The lowest BCUT2D eigenvalue weighted by molar-refractivity contribution is 0.279. The number of nitrogens with zero attached hydrogens (tertiary/aromatic N) is 1. The van der Waals surface area contributed by atoms with E-state index < -0.39 is 0 Å². The first-order valence-corrected chi connectivity index (χ1v) is 6.25. The summed E-state index contributed by atoms with van der Waals surface area (Å²) in [6.45, 7) is 4.76. The second kappa shape index (κ2) is 3.91. The molecule has 0 spiro atoms. The van der Waals surface area contributed by atoms with E-state index in [-0.39, 0.29) is 5.54 Å². The molecule has 0 aromatic heterocycles. The quantitative estimate of drug-likeness (QED) is 0.767. The number of benzene rings is 1. The van der Waals surface area contributed by atoms with Crippen molar-refractivity contribution in [3.63, 3.8) is 0 Å². The number of rotatable bonds is 1. The van der Waals surface area contributed by atoms with Crippen molar-refractivity contribution in [2.75, 3.05) is 6.61 Å². The summed E-state index contributed by atoms with van der Waals surface area (Å²) >= 11 is 6.94. The van der Waals surface area contributed by atoms with Crippen LogP contribution >= 0.6 is 31.9 Å². The molecule has 0 saturated heterocycles. The topological polar surface area (TPSA) is 21.6 Å². The number of ether oxygens (including phenoxy) is 1. The summed E-state index contributed by atoms with van der Waals surface area (Å²) in [5.41, 5.74) is 0.881. The van der Waals surface area contributed by atoms with E-state index in [2.05, 4.69) is 50.7 Å². The van der Waals surface area contributed by atoms with Crippen molar-refractivity contribution in [1.29, 1.82) is 0 Å². The van der Waals surface area contributed by atoms with Gasteiger partial charge in [-0.05, 0) is 48.0 Å². The molecule has 0 fully saturated rings. The van der Waals surface area contributed by atoms with Gasteiger partial charge < -0.3 is 4.74 Å². The van der Waals surface area contributed by atoms with Crippen LogP contribution in [-0.2, 0) is 4.74 Å². The average molecular weight is 333 g/mol. The Hall–Kier alpha value is -0.350. The van der Waals surface area contributed by atoms with Crippen LogP contribution in [0.5, 0.6) is 0 Å². The maximum Gasteiger partial charge on any atom is 0.218 e. The van der Waals surface area contributed by atoms with E-state index in [4.69, 9.17) is 4.74 Å². The zero-order chi connectivity index (χ0) is 11.1. The Kier molecular flexibility index (Phi) is 2.90. The monoisotopic (exact) mass is 331 g/mol. The van der Waals surface area contributed by atoms with Gasteiger partial charge in [0, 0.05) is 8.95 Å². The van der Waals surface area contributed by atoms with Crippen LogP contribution in [0.2, 0.25) is 0 Å². The van der Waals surface area contributed by atoms with E-state index >= 15 is 0 Å². The third-order valence-electron chi connectivity index (χ3n) is 2.13. The molecule has 1 heterocycles. The van der Waals surface area contributed by atoms with E-state index in [1.807, 2.05) is 18.2 Å². The van der Waals surface area contributed by atoms with Crippen LogP contribution in [0.4, 0.5) is 0 Å². The largest absolute Gasteiger partial charge is 0.475 e. The standard InChI is InChI=1S/C11H11Br2NO/c1-11(2)6-15-10(14-11)8-5-7(12)3-4-9(8)13/h3-5H,6H2,1-2H3. The van der Waals surface area contributed by atoms with Gasteiger partial charge in [0.1, 0.15) is 6.61 Å². The Labute approximate surface area is 106 Å². The van der Waals surface area contributed by atoms with Gasteiger partial charge in [-0.2, -0.15) is 0 Å². The molecule has 0 saturated carbocycles. The van der Waals surface area contributed by atoms with Gasteiger partial charge in [-0.3, -0.25) is 0 Å². The Balaban J connectivity index is 2.43. The summed E-state index contributed by atoms with van der Waals surface area (Å²) in [5, 5.41) is 0. The number of hydrogen-bond acceptors (Lipinski definition) is 2. The molecule has 1 aromatic rings. The molecule has 0 N–H and O–H groups in total. The third-order valence-corrected chi connectivity index (χ3v) is 3.31. The Bertz CT molecular complexity index is 427. The second-order valence-electron chi connectivity index (χ2n) is 4.14. The molecule has 4 heteroatoms. The molecule has 1 aliphatic rings. The predicted molar refractivity (Wildman–Crippen MR) is 68.4 cm³/mol. The van der Waals surface area contributed by atoms with Crippen molar-refractivity contribution in [2.45, 2.75) is 19.4 Å². The van der Waals surface area contributed by atoms with E-state index in [0.717, 1.165) is 14.5 Å². The average Bonchev–Trinajstić information content (AvgIpc) is 2.50. The van der Waals surface area contributed by atoms with Crippen molar-refractivity contribution in [2.24, 2.45) is 4.99 Å². The van der Waals surface area contributed by atoms with Crippen LogP contribution < -0.4 is 0 Å². The molecule has 0 aliphatic carbocycles. The summed E-state index contributed by atoms with van der Waals surface area (Å²) in [6, 6.07) is 5.97. The third kappa shape index (κ3) is 2.42. The zero-order valence-corrected chi connectivity index (χ0v) is 11.7. The fourth-order valence-electron chi connectivity index (χ4n) is 1.38. The summed E-state index contributed by atoms with van der Waals surface area (Å²) in [5.74, 6) is 0.716. The fraction of sp³-hybridized carbons (Fsp3) is 0.364. The van der Waals surface area contributed by atoms with Crippen LogP contribution in [0, 0.1) is 0 Å². The van der Waals surface area contributed by atoms with Crippen LogP contribution in [-0.4, -0.2) is 18.0 Å². The van der Waals surface area contributed by atoms with E-state index in [0.29, 0.717) is 12.5 Å². The highest BCUT2D eigenvalue weighted by Crippen LogP contribution is 2.27. The minimum absolute atomic E-state index is 0.114. The molecule has 2 rings (SSSR count). The summed E-state index contributed by atoms with van der Waals surface area (Å²) < 4.78 is 7.62. The molecule has 80 valence electrons. The van der Waals surface area contributed by atoms with Gasteiger partial charge in [-0.15, -0.1) is 0 Å². The van der Waals surface area contributed by atoms with E-state index in [1.54, 1.807) is 0 Å². The molecule has 1 aliphatic heterocycles. The lowest BCUT2D eigenvalue weighted by Gasteiger charge is -2.07. The number of aliphatic imine (C=N–C) groups is 1. The summed E-state index contributed by atoms with van der Waals surface area (Å²) in [7, 11) is 0. The summed E-state index contributed by atoms with van der Waals surface area (Å²) in [6.07, 6.45) is 0. The van der Waals surface area contributed by atoms with Crippen LogP contribution in [0.1, 0.15) is 19.4 Å². The highest BCUT2D eigenvalue weighted by molar-refractivity contribution is 9.11. The van der Waals surface area contributed by atoms with Crippen molar-refractivity contribution in [3.05, 3.63) is 32.7 Å². The maximum absolute atomic E-state index is 5.59. The first-order valence-electron chi connectivity index (χ1n) is 4.66. The maximum atomic E-state index is 5.59. The van der Waals surface area contributed by atoms with E-state index in [1.165, 1.54) is 0 Å². The summed E-state index contributed by atoms with van der Waals surface area (Å²) in [4.78, 5) is 4.54. The molecular weight excluding hydrogens is 322 g/mol. The van der Waals surface area contributed by atoms with Gasteiger partial charge in [0.15, 0.2) is 0 Å². The fourth-order valence-corrected chi connectivity index (χ4v) is 2.16. The highest BCUT2D eigenvalue weighted by Gasteiger charge is 2.27. The molecule has 0 radical (unpaired) electrons. The molecule has 0 atom stereocenters. The van der Waals surface area contributed by atoms with Crippen molar-refractivity contribution >= 4 is 37.8 Å². The van der Waals surface area contributed by atoms with Crippen molar-refractivity contribution < 1.29 is 4.74 Å². The smallest absolute Gasteiger partial charge is 0.218 e. The Morgan fingerprint density at radius 1 is 1.33 bits per heavy atom. The van der Waals surface area contributed by atoms with Gasteiger partial charge in [-0.25, -0.2) is 4.99 Å².